The van der Waals surface area contributed by atoms with Crippen LogP contribution in [0.3, 0.4) is 0 Å². The Morgan fingerprint density at radius 1 is 1.25 bits per heavy atom. The number of ether oxygens (including phenoxy) is 1. The highest BCUT2D eigenvalue weighted by molar-refractivity contribution is 9.10. The highest BCUT2D eigenvalue weighted by Gasteiger charge is 2.11. The summed E-state index contributed by atoms with van der Waals surface area (Å²) in [7, 11) is 5.58. The van der Waals surface area contributed by atoms with Gasteiger partial charge >= 0.3 is 0 Å². The Morgan fingerprint density at radius 3 is 2.65 bits per heavy atom. The Hall–Kier alpha value is -1.82. The van der Waals surface area contributed by atoms with E-state index in [1.165, 1.54) is 0 Å². The summed E-state index contributed by atoms with van der Waals surface area (Å²) in [5.74, 6) is 0.577. The Morgan fingerprint density at radius 2 is 2.05 bits per heavy atom. The van der Waals surface area contributed by atoms with Gasteiger partial charge in [-0.05, 0) is 34.1 Å². The molecule has 6 heteroatoms. The molecule has 5 nitrogen and oxygen atoms in total. The summed E-state index contributed by atoms with van der Waals surface area (Å²) in [6.45, 7) is 0.607. The molecule has 2 aromatic heterocycles. The van der Waals surface area contributed by atoms with Gasteiger partial charge < -0.3 is 15.0 Å². The Labute approximate surface area is 127 Å². The second kappa shape index (κ2) is 6.56. The number of halogens is 1. The van der Waals surface area contributed by atoms with Gasteiger partial charge in [0, 0.05) is 31.0 Å². The fraction of sp³-hybridized carbons (Fsp3) is 0.286. The molecule has 20 heavy (non-hydrogen) atoms. The quantitative estimate of drug-likeness (QED) is 0.909. The standard InChI is InChI=1S/C14H17BrN4O/c1-19(2)12-6-7-16-14(20-3)13(12)18-9-11-5-4-10(15)8-17-11/h4-8,18H,9H2,1-3H3. The lowest BCUT2D eigenvalue weighted by atomic mass is 10.3. The van der Waals surface area contributed by atoms with Crippen molar-refractivity contribution in [3.8, 4) is 5.88 Å². The van der Waals surface area contributed by atoms with Crippen molar-refractivity contribution >= 4 is 27.3 Å². The molecule has 2 heterocycles. The van der Waals surface area contributed by atoms with Gasteiger partial charge in [0.2, 0.25) is 5.88 Å². The van der Waals surface area contributed by atoms with Crippen LogP contribution in [0, 0.1) is 0 Å². The van der Waals surface area contributed by atoms with Crippen LogP contribution in [0.2, 0.25) is 0 Å². The second-order valence-corrected chi connectivity index (χ2v) is 5.35. The van der Waals surface area contributed by atoms with Crippen molar-refractivity contribution in [3.63, 3.8) is 0 Å². The van der Waals surface area contributed by atoms with Crippen LogP contribution in [-0.4, -0.2) is 31.2 Å². The monoisotopic (exact) mass is 336 g/mol. The molecule has 0 radical (unpaired) electrons. The summed E-state index contributed by atoms with van der Waals surface area (Å²) >= 11 is 3.38. The lowest BCUT2D eigenvalue weighted by molar-refractivity contribution is 0.400. The minimum atomic E-state index is 0.577. The maximum Gasteiger partial charge on any atom is 0.239 e. The third-order valence-electron chi connectivity index (χ3n) is 2.80. The molecule has 106 valence electrons. The average molecular weight is 337 g/mol. The van der Waals surface area contributed by atoms with E-state index in [4.69, 9.17) is 4.74 Å². The van der Waals surface area contributed by atoms with Crippen LogP contribution in [0.1, 0.15) is 5.69 Å². The lowest BCUT2D eigenvalue weighted by Crippen LogP contribution is -2.13. The molecule has 0 atom stereocenters. The van der Waals surface area contributed by atoms with Crippen LogP contribution in [0.25, 0.3) is 0 Å². The summed E-state index contributed by atoms with van der Waals surface area (Å²) < 4.78 is 6.28. The molecule has 0 spiro atoms. The van der Waals surface area contributed by atoms with Crippen molar-refractivity contribution in [2.75, 3.05) is 31.4 Å². The van der Waals surface area contributed by atoms with E-state index in [9.17, 15) is 0 Å². The zero-order valence-electron chi connectivity index (χ0n) is 11.7. The normalized spacial score (nSPS) is 10.2. The summed E-state index contributed by atoms with van der Waals surface area (Å²) in [4.78, 5) is 10.6. The Balaban J connectivity index is 2.21. The number of methoxy groups -OCH3 is 1. The van der Waals surface area contributed by atoms with Gasteiger partial charge in [0.15, 0.2) is 0 Å². The maximum atomic E-state index is 5.32. The van der Waals surface area contributed by atoms with E-state index in [0.29, 0.717) is 12.4 Å². The number of hydrogen-bond acceptors (Lipinski definition) is 5. The molecule has 0 unspecified atom stereocenters. The first kappa shape index (κ1) is 14.6. The topological polar surface area (TPSA) is 50.3 Å². The molecule has 0 fully saturated rings. The van der Waals surface area contributed by atoms with Gasteiger partial charge in [0.1, 0.15) is 5.69 Å². The molecular weight excluding hydrogens is 320 g/mol. The molecule has 0 bridgehead atoms. The molecule has 0 saturated carbocycles. The van der Waals surface area contributed by atoms with Gasteiger partial charge in [-0.2, -0.15) is 0 Å². The van der Waals surface area contributed by atoms with E-state index in [2.05, 4.69) is 31.2 Å². The first-order valence-electron chi connectivity index (χ1n) is 6.16. The van der Waals surface area contributed by atoms with Gasteiger partial charge in [0.05, 0.1) is 25.0 Å². The van der Waals surface area contributed by atoms with E-state index in [-0.39, 0.29) is 0 Å². The molecule has 1 N–H and O–H groups in total. The number of pyridine rings is 2. The zero-order chi connectivity index (χ0) is 14.5. The van der Waals surface area contributed by atoms with E-state index < -0.39 is 0 Å². The van der Waals surface area contributed by atoms with Crippen molar-refractivity contribution in [2.45, 2.75) is 6.54 Å². The van der Waals surface area contributed by atoms with Gasteiger partial charge in [-0.3, -0.25) is 4.98 Å². The summed E-state index contributed by atoms with van der Waals surface area (Å²) in [6.07, 6.45) is 3.52. The zero-order valence-corrected chi connectivity index (χ0v) is 13.3. The average Bonchev–Trinajstić information content (AvgIpc) is 2.46. The number of anilines is 2. The van der Waals surface area contributed by atoms with Crippen LogP contribution in [0.15, 0.2) is 35.1 Å². The van der Waals surface area contributed by atoms with Crippen LogP contribution in [0.5, 0.6) is 5.88 Å². The fourth-order valence-corrected chi connectivity index (χ4v) is 2.05. The largest absolute Gasteiger partial charge is 0.479 e. The maximum absolute atomic E-state index is 5.32. The number of hydrogen-bond donors (Lipinski definition) is 1. The Kier molecular flexibility index (Phi) is 4.79. The second-order valence-electron chi connectivity index (χ2n) is 4.43. The van der Waals surface area contributed by atoms with Crippen molar-refractivity contribution in [1.82, 2.24) is 9.97 Å². The predicted molar refractivity (Wildman–Crippen MR) is 84.4 cm³/mol. The van der Waals surface area contributed by atoms with Crippen LogP contribution in [-0.2, 0) is 6.54 Å². The minimum Gasteiger partial charge on any atom is -0.479 e. The van der Waals surface area contributed by atoms with Gasteiger partial charge in [-0.1, -0.05) is 0 Å². The number of nitrogens with one attached hydrogen (secondary N) is 1. The van der Waals surface area contributed by atoms with E-state index in [0.717, 1.165) is 21.5 Å². The third kappa shape index (κ3) is 3.39. The number of aromatic nitrogens is 2. The van der Waals surface area contributed by atoms with Gasteiger partial charge in [0.25, 0.3) is 0 Å². The third-order valence-corrected chi connectivity index (χ3v) is 3.27. The fourth-order valence-electron chi connectivity index (χ4n) is 1.82. The molecule has 0 aliphatic heterocycles. The van der Waals surface area contributed by atoms with E-state index >= 15 is 0 Å². The number of rotatable bonds is 5. The number of nitrogens with zero attached hydrogens (tertiary/aromatic N) is 3. The predicted octanol–water partition coefficient (Wildman–Crippen LogP) is 2.93. The van der Waals surface area contributed by atoms with Crippen molar-refractivity contribution < 1.29 is 4.74 Å². The van der Waals surface area contributed by atoms with Crippen molar-refractivity contribution in [1.29, 1.82) is 0 Å². The molecule has 2 rings (SSSR count). The summed E-state index contributed by atoms with van der Waals surface area (Å²) in [6, 6.07) is 5.88. The van der Waals surface area contributed by atoms with Crippen molar-refractivity contribution in [3.05, 3.63) is 40.8 Å². The highest BCUT2D eigenvalue weighted by atomic mass is 79.9. The van der Waals surface area contributed by atoms with E-state index in [1.807, 2.05) is 37.2 Å². The van der Waals surface area contributed by atoms with Gasteiger partial charge in [-0.15, -0.1) is 0 Å². The molecule has 0 aliphatic carbocycles. The van der Waals surface area contributed by atoms with Crippen molar-refractivity contribution in [2.24, 2.45) is 0 Å². The molecule has 0 aliphatic rings. The highest BCUT2D eigenvalue weighted by Crippen LogP contribution is 2.32. The molecule has 2 aromatic rings. The molecule has 0 saturated heterocycles. The molecule has 0 amide bonds. The van der Waals surface area contributed by atoms with Crippen LogP contribution in [0.4, 0.5) is 11.4 Å². The smallest absolute Gasteiger partial charge is 0.239 e. The van der Waals surface area contributed by atoms with Gasteiger partial charge in [-0.25, -0.2) is 4.98 Å². The minimum absolute atomic E-state index is 0.577. The summed E-state index contributed by atoms with van der Waals surface area (Å²) in [5, 5.41) is 3.34. The molecule has 0 aromatic carbocycles. The first-order chi connectivity index (χ1) is 9.61. The van der Waals surface area contributed by atoms with Crippen LogP contribution < -0.4 is 15.0 Å². The summed E-state index contributed by atoms with van der Waals surface area (Å²) in [5.41, 5.74) is 2.84. The lowest BCUT2D eigenvalue weighted by Gasteiger charge is -2.19. The first-order valence-corrected chi connectivity index (χ1v) is 6.95. The Bertz CT molecular complexity index is 572. The molecular formula is C14H17BrN4O. The van der Waals surface area contributed by atoms with Crippen LogP contribution >= 0.6 is 15.9 Å². The van der Waals surface area contributed by atoms with E-state index in [1.54, 1.807) is 19.5 Å². The SMILES string of the molecule is COc1nccc(N(C)C)c1NCc1ccc(Br)cn1.